The minimum atomic E-state index is -0.0447. The number of nitriles is 1. The fourth-order valence-electron chi connectivity index (χ4n) is 2.44. The second-order valence-electron chi connectivity index (χ2n) is 5.83. The van der Waals surface area contributed by atoms with Gasteiger partial charge in [-0.2, -0.15) is 5.26 Å². The molecule has 0 aliphatic rings. The van der Waals surface area contributed by atoms with Gasteiger partial charge in [-0.3, -0.25) is 9.69 Å². The molecule has 6 heteroatoms. The van der Waals surface area contributed by atoms with Crippen LogP contribution in [0.25, 0.3) is 0 Å². The van der Waals surface area contributed by atoms with E-state index >= 15 is 0 Å². The van der Waals surface area contributed by atoms with Crippen molar-refractivity contribution in [1.82, 2.24) is 4.90 Å². The van der Waals surface area contributed by atoms with Gasteiger partial charge in [0.05, 0.1) is 19.0 Å². The SMILES string of the molecule is CN(CCOc1cccc(Cl)c1)CC(=O)N(CCC#N)c1ccccc1. The Bertz CT molecular complexity index is 746. The van der Waals surface area contributed by atoms with Crippen LogP contribution in [0.15, 0.2) is 54.6 Å². The summed E-state index contributed by atoms with van der Waals surface area (Å²) in [4.78, 5) is 16.2. The number of likely N-dealkylation sites (N-methyl/N-ethyl adjacent to an activating group) is 1. The van der Waals surface area contributed by atoms with Crippen LogP contribution in [0.4, 0.5) is 5.69 Å². The van der Waals surface area contributed by atoms with E-state index in [9.17, 15) is 4.79 Å². The smallest absolute Gasteiger partial charge is 0.241 e. The Morgan fingerprint density at radius 1 is 1.15 bits per heavy atom. The number of para-hydroxylation sites is 1. The molecule has 0 spiro atoms. The van der Waals surface area contributed by atoms with Gasteiger partial charge in [0.1, 0.15) is 12.4 Å². The monoisotopic (exact) mass is 371 g/mol. The van der Waals surface area contributed by atoms with E-state index in [-0.39, 0.29) is 12.5 Å². The van der Waals surface area contributed by atoms with Gasteiger partial charge in [-0.05, 0) is 37.4 Å². The number of halogens is 1. The Morgan fingerprint density at radius 3 is 2.62 bits per heavy atom. The van der Waals surface area contributed by atoms with E-state index in [0.29, 0.717) is 36.9 Å². The van der Waals surface area contributed by atoms with Crippen LogP contribution in [0.2, 0.25) is 5.02 Å². The van der Waals surface area contributed by atoms with Crippen molar-refractivity contribution >= 4 is 23.2 Å². The lowest BCUT2D eigenvalue weighted by Gasteiger charge is -2.25. The molecule has 0 saturated heterocycles. The molecule has 2 aromatic rings. The third-order valence-corrected chi connectivity index (χ3v) is 3.99. The van der Waals surface area contributed by atoms with E-state index in [2.05, 4.69) is 6.07 Å². The molecule has 136 valence electrons. The number of hydrogen-bond donors (Lipinski definition) is 0. The first-order valence-corrected chi connectivity index (χ1v) is 8.77. The van der Waals surface area contributed by atoms with Crippen molar-refractivity contribution in [2.75, 3.05) is 38.2 Å². The zero-order valence-corrected chi connectivity index (χ0v) is 15.5. The maximum Gasteiger partial charge on any atom is 0.241 e. The quantitative estimate of drug-likeness (QED) is 0.675. The van der Waals surface area contributed by atoms with Crippen molar-refractivity contribution in [2.45, 2.75) is 6.42 Å². The van der Waals surface area contributed by atoms with Crippen molar-refractivity contribution in [3.05, 3.63) is 59.6 Å². The van der Waals surface area contributed by atoms with Crippen molar-refractivity contribution in [2.24, 2.45) is 0 Å². The van der Waals surface area contributed by atoms with Crippen LogP contribution in [0.1, 0.15) is 6.42 Å². The highest BCUT2D eigenvalue weighted by molar-refractivity contribution is 6.30. The maximum atomic E-state index is 12.7. The average molecular weight is 372 g/mol. The summed E-state index contributed by atoms with van der Waals surface area (Å²) in [7, 11) is 1.87. The summed E-state index contributed by atoms with van der Waals surface area (Å²) in [6.07, 6.45) is 0.294. The molecule has 26 heavy (non-hydrogen) atoms. The molecule has 0 atom stereocenters. The largest absolute Gasteiger partial charge is 0.492 e. The maximum absolute atomic E-state index is 12.7. The van der Waals surface area contributed by atoms with Crippen LogP contribution >= 0.6 is 11.6 Å². The number of benzene rings is 2. The van der Waals surface area contributed by atoms with E-state index in [1.807, 2.05) is 54.4 Å². The lowest BCUT2D eigenvalue weighted by molar-refractivity contribution is -0.119. The Kier molecular flexibility index (Phi) is 7.94. The normalized spacial score (nSPS) is 10.4. The second kappa shape index (κ2) is 10.4. The fourth-order valence-corrected chi connectivity index (χ4v) is 2.62. The Hall–Kier alpha value is -2.55. The van der Waals surface area contributed by atoms with Crippen molar-refractivity contribution in [3.63, 3.8) is 0 Å². The van der Waals surface area contributed by atoms with Crippen molar-refractivity contribution < 1.29 is 9.53 Å². The molecule has 2 aromatic carbocycles. The third kappa shape index (κ3) is 6.40. The number of carbonyl (C=O) groups excluding carboxylic acids is 1. The molecule has 0 N–H and O–H groups in total. The fraction of sp³-hybridized carbons (Fsp3) is 0.300. The standard InChI is InChI=1S/C20H22ClN3O2/c1-23(13-14-26-19-10-5-7-17(21)15-19)16-20(25)24(12-6-11-22)18-8-3-2-4-9-18/h2-5,7-10,15H,6,12-14,16H2,1H3. The summed E-state index contributed by atoms with van der Waals surface area (Å²) in [6.45, 7) is 1.68. The van der Waals surface area contributed by atoms with E-state index in [1.165, 1.54) is 0 Å². The molecule has 0 aliphatic carbocycles. The minimum absolute atomic E-state index is 0.0447. The molecule has 0 heterocycles. The first-order chi connectivity index (χ1) is 12.6. The Labute approximate surface area is 159 Å². The molecule has 0 saturated carbocycles. The van der Waals surface area contributed by atoms with Gasteiger partial charge < -0.3 is 9.64 Å². The van der Waals surface area contributed by atoms with Gasteiger partial charge in [0, 0.05) is 23.8 Å². The lowest BCUT2D eigenvalue weighted by Crippen LogP contribution is -2.40. The zero-order chi connectivity index (χ0) is 18.8. The summed E-state index contributed by atoms with van der Waals surface area (Å²) in [5, 5.41) is 9.47. The first kappa shape index (κ1) is 19.8. The van der Waals surface area contributed by atoms with Gasteiger partial charge in [0.15, 0.2) is 0 Å². The van der Waals surface area contributed by atoms with Gasteiger partial charge in [0.25, 0.3) is 0 Å². The molecule has 0 aliphatic heterocycles. The van der Waals surface area contributed by atoms with E-state index in [4.69, 9.17) is 21.6 Å². The summed E-state index contributed by atoms with van der Waals surface area (Å²) in [5.41, 5.74) is 0.802. The van der Waals surface area contributed by atoms with Gasteiger partial charge >= 0.3 is 0 Å². The van der Waals surface area contributed by atoms with Gasteiger partial charge in [-0.25, -0.2) is 0 Å². The highest BCUT2D eigenvalue weighted by atomic mass is 35.5. The summed E-state index contributed by atoms with van der Waals surface area (Å²) in [5.74, 6) is 0.661. The molecular weight excluding hydrogens is 350 g/mol. The van der Waals surface area contributed by atoms with E-state index in [0.717, 1.165) is 5.69 Å². The summed E-state index contributed by atoms with van der Waals surface area (Å²) >= 11 is 5.93. The Balaban J connectivity index is 1.86. The van der Waals surface area contributed by atoms with Crippen LogP contribution in [-0.4, -0.2) is 44.1 Å². The number of rotatable bonds is 9. The predicted octanol–water partition coefficient (Wildman–Crippen LogP) is 3.60. The molecular formula is C20H22ClN3O2. The molecule has 0 aromatic heterocycles. The highest BCUT2D eigenvalue weighted by Gasteiger charge is 2.17. The van der Waals surface area contributed by atoms with E-state index < -0.39 is 0 Å². The topological polar surface area (TPSA) is 56.6 Å². The number of ether oxygens (including phenoxy) is 1. The molecule has 1 amide bonds. The molecule has 0 bridgehead atoms. The van der Waals surface area contributed by atoms with Crippen LogP contribution < -0.4 is 9.64 Å². The summed E-state index contributed by atoms with van der Waals surface area (Å²) in [6, 6.07) is 18.7. The zero-order valence-electron chi connectivity index (χ0n) is 14.8. The first-order valence-electron chi connectivity index (χ1n) is 8.39. The molecule has 0 unspecified atom stereocenters. The number of carbonyl (C=O) groups is 1. The van der Waals surface area contributed by atoms with Gasteiger partial charge in [0.2, 0.25) is 5.91 Å². The number of anilines is 1. The Morgan fingerprint density at radius 2 is 1.92 bits per heavy atom. The minimum Gasteiger partial charge on any atom is -0.492 e. The third-order valence-electron chi connectivity index (χ3n) is 3.76. The molecule has 0 radical (unpaired) electrons. The van der Waals surface area contributed by atoms with Crippen LogP contribution in [0.5, 0.6) is 5.75 Å². The summed E-state index contributed by atoms with van der Waals surface area (Å²) < 4.78 is 5.65. The van der Waals surface area contributed by atoms with Gasteiger partial charge in [-0.1, -0.05) is 35.9 Å². The second-order valence-corrected chi connectivity index (χ2v) is 6.27. The van der Waals surface area contributed by atoms with Gasteiger partial charge in [-0.15, -0.1) is 0 Å². The van der Waals surface area contributed by atoms with Crippen LogP contribution in [0, 0.1) is 11.3 Å². The molecule has 2 rings (SSSR count). The number of hydrogen-bond acceptors (Lipinski definition) is 4. The van der Waals surface area contributed by atoms with Crippen molar-refractivity contribution in [1.29, 1.82) is 5.26 Å². The van der Waals surface area contributed by atoms with Crippen LogP contribution in [-0.2, 0) is 4.79 Å². The predicted molar refractivity (Wildman–Crippen MR) is 103 cm³/mol. The van der Waals surface area contributed by atoms with Crippen molar-refractivity contribution in [3.8, 4) is 11.8 Å². The molecule has 0 fully saturated rings. The average Bonchev–Trinajstić information content (AvgIpc) is 2.63. The molecule has 5 nitrogen and oxygen atoms in total. The lowest BCUT2D eigenvalue weighted by atomic mass is 10.2. The highest BCUT2D eigenvalue weighted by Crippen LogP contribution is 2.17. The number of amides is 1. The number of nitrogens with zero attached hydrogens (tertiary/aromatic N) is 3. The van der Waals surface area contributed by atoms with E-state index in [1.54, 1.807) is 17.0 Å². The van der Waals surface area contributed by atoms with Crippen LogP contribution in [0.3, 0.4) is 0 Å².